The highest BCUT2D eigenvalue weighted by Gasteiger charge is 2.36. The lowest BCUT2D eigenvalue weighted by Gasteiger charge is -2.42. The van der Waals surface area contributed by atoms with E-state index in [0.29, 0.717) is 10.8 Å². The molecule has 1 N–H and O–H groups in total. The molecule has 0 aromatic rings. The highest BCUT2D eigenvalue weighted by atomic mass is 32.2. The van der Waals surface area contributed by atoms with Gasteiger partial charge in [-0.3, -0.25) is 0 Å². The number of nitrogens with one attached hydrogen (secondary N) is 1. The molecule has 21 heavy (non-hydrogen) atoms. The second-order valence-electron chi connectivity index (χ2n) is 7.36. The van der Waals surface area contributed by atoms with Gasteiger partial charge in [0.2, 0.25) is 0 Å². The largest absolute Gasteiger partial charge is 0.444 e. The van der Waals surface area contributed by atoms with Crippen LogP contribution in [0, 0.1) is 0 Å². The van der Waals surface area contributed by atoms with Crippen LogP contribution in [-0.2, 0) is 4.74 Å². The monoisotopic (exact) mass is 314 g/mol. The van der Waals surface area contributed by atoms with Crippen molar-refractivity contribution in [2.24, 2.45) is 0 Å². The molecule has 1 heterocycles. The number of rotatable bonds is 4. The van der Waals surface area contributed by atoms with Crippen LogP contribution >= 0.6 is 11.8 Å². The molecule has 2 fully saturated rings. The van der Waals surface area contributed by atoms with Crippen LogP contribution in [-0.4, -0.2) is 53.3 Å². The van der Waals surface area contributed by atoms with Crippen molar-refractivity contribution in [1.29, 1.82) is 0 Å². The van der Waals surface area contributed by atoms with Crippen LogP contribution in [0.25, 0.3) is 0 Å². The molecule has 0 bridgehead atoms. The molecule has 1 aliphatic heterocycles. The van der Waals surface area contributed by atoms with Crippen molar-refractivity contribution >= 4 is 17.9 Å². The van der Waals surface area contributed by atoms with Crippen LogP contribution in [0.1, 0.15) is 52.9 Å². The summed E-state index contributed by atoms with van der Waals surface area (Å²) in [6.45, 7) is 8.47. The normalized spacial score (nSPS) is 22.8. The van der Waals surface area contributed by atoms with Crippen molar-refractivity contribution in [1.82, 2.24) is 10.2 Å². The van der Waals surface area contributed by atoms with Gasteiger partial charge < -0.3 is 15.0 Å². The van der Waals surface area contributed by atoms with Gasteiger partial charge >= 0.3 is 6.09 Å². The van der Waals surface area contributed by atoms with Gasteiger partial charge in [-0.25, -0.2) is 4.79 Å². The van der Waals surface area contributed by atoms with Gasteiger partial charge in [-0.1, -0.05) is 6.42 Å². The van der Waals surface area contributed by atoms with E-state index in [1.165, 1.54) is 19.3 Å². The maximum absolute atomic E-state index is 12.0. The zero-order valence-electron chi connectivity index (χ0n) is 13.9. The number of carbonyl (C=O) groups is 1. The van der Waals surface area contributed by atoms with Crippen LogP contribution in [0.4, 0.5) is 4.79 Å². The van der Waals surface area contributed by atoms with E-state index in [1.807, 2.05) is 37.4 Å². The number of thioether (sulfide) groups is 1. The van der Waals surface area contributed by atoms with E-state index in [-0.39, 0.29) is 6.09 Å². The zero-order valence-corrected chi connectivity index (χ0v) is 14.7. The molecule has 2 rings (SSSR count). The summed E-state index contributed by atoms with van der Waals surface area (Å²) in [7, 11) is 0. The Hall–Kier alpha value is -0.420. The summed E-state index contributed by atoms with van der Waals surface area (Å²) in [5.41, 5.74) is -0.402. The fourth-order valence-corrected chi connectivity index (χ4v) is 3.87. The van der Waals surface area contributed by atoms with E-state index in [2.05, 4.69) is 11.6 Å². The van der Waals surface area contributed by atoms with Crippen molar-refractivity contribution < 1.29 is 9.53 Å². The fraction of sp³-hybridized carbons (Fsp3) is 0.938. The summed E-state index contributed by atoms with van der Waals surface area (Å²) in [5.74, 6) is 0. The Morgan fingerprint density at radius 3 is 2.38 bits per heavy atom. The predicted molar refractivity (Wildman–Crippen MR) is 88.9 cm³/mol. The first-order valence-electron chi connectivity index (χ1n) is 8.10. The molecule has 0 spiro atoms. The van der Waals surface area contributed by atoms with Gasteiger partial charge in [-0.05, 0) is 52.7 Å². The quantitative estimate of drug-likeness (QED) is 0.865. The predicted octanol–water partition coefficient (Wildman–Crippen LogP) is 3.26. The van der Waals surface area contributed by atoms with Gasteiger partial charge in [0.05, 0.1) is 0 Å². The Balaban J connectivity index is 1.69. The van der Waals surface area contributed by atoms with Crippen LogP contribution in [0.3, 0.4) is 0 Å². The van der Waals surface area contributed by atoms with Gasteiger partial charge in [0, 0.05) is 30.4 Å². The molecular weight excluding hydrogens is 284 g/mol. The van der Waals surface area contributed by atoms with Gasteiger partial charge in [0.1, 0.15) is 5.60 Å². The van der Waals surface area contributed by atoms with E-state index in [9.17, 15) is 4.79 Å². The summed E-state index contributed by atoms with van der Waals surface area (Å²) >= 11 is 2.01. The van der Waals surface area contributed by atoms with E-state index < -0.39 is 5.60 Å². The molecule has 1 aliphatic carbocycles. The Morgan fingerprint density at radius 2 is 1.95 bits per heavy atom. The number of hydrogen-bond donors (Lipinski definition) is 1. The average molecular weight is 314 g/mol. The molecule has 0 aromatic carbocycles. The Labute approximate surface area is 133 Å². The molecule has 1 amide bonds. The third kappa shape index (κ3) is 4.78. The number of carbonyl (C=O) groups excluding carboxylic acids is 1. The molecule has 0 atom stereocenters. The Kier molecular flexibility index (Phi) is 5.47. The first-order chi connectivity index (χ1) is 9.84. The van der Waals surface area contributed by atoms with Crippen LogP contribution in [0.15, 0.2) is 0 Å². The molecule has 0 unspecified atom stereocenters. The smallest absolute Gasteiger partial charge is 0.410 e. The number of nitrogens with zero attached hydrogens (tertiary/aromatic N) is 1. The lowest BCUT2D eigenvalue weighted by molar-refractivity contribution is 0.0197. The van der Waals surface area contributed by atoms with Crippen molar-refractivity contribution in [2.45, 2.75) is 69.3 Å². The second kappa shape index (κ2) is 6.78. The maximum atomic E-state index is 12.0. The van der Waals surface area contributed by atoms with Crippen molar-refractivity contribution in [3.63, 3.8) is 0 Å². The van der Waals surface area contributed by atoms with Gasteiger partial charge in [-0.15, -0.1) is 0 Å². The topological polar surface area (TPSA) is 41.6 Å². The van der Waals surface area contributed by atoms with Crippen LogP contribution in [0.2, 0.25) is 0 Å². The van der Waals surface area contributed by atoms with E-state index in [0.717, 1.165) is 32.5 Å². The zero-order chi connectivity index (χ0) is 15.5. The summed E-state index contributed by atoms with van der Waals surface area (Å²) in [6, 6.07) is 0.549. The second-order valence-corrected chi connectivity index (χ2v) is 8.64. The Bertz CT molecular complexity index is 350. The molecule has 0 radical (unpaired) electrons. The molecule has 0 aromatic heterocycles. The number of ether oxygens (including phenoxy) is 1. The van der Waals surface area contributed by atoms with Crippen molar-refractivity contribution in [3.8, 4) is 0 Å². The number of hydrogen-bond acceptors (Lipinski definition) is 4. The standard InChI is InChI=1S/C16H30N2O2S/c1-15(2,3)20-14(19)18-10-6-13(7-11-18)17-12-16(21-4)8-5-9-16/h13,17H,5-12H2,1-4H3. The summed E-state index contributed by atoms with van der Waals surface area (Å²) in [4.78, 5) is 13.9. The number of likely N-dealkylation sites (tertiary alicyclic amines) is 1. The SMILES string of the molecule is CSC1(CNC2CCN(C(=O)OC(C)(C)C)CC2)CCC1. The summed E-state index contributed by atoms with van der Waals surface area (Å²) in [6.07, 6.45) is 8.19. The van der Waals surface area contributed by atoms with Gasteiger partial charge in [0.15, 0.2) is 0 Å². The minimum atomic E-state index is -0.402. The first-order valence-corrected chi connectivity index (χ1v) is 9.32. The Morgan fingerprint density at radius 1 is 1.33 bits per heavy atom. The molecule has 4 nitrogen and oxygen atoms in total. The van der Waals surface area contributed by atoms with Crippen molar-refractivity contribution in [3.05, 3.63) is 0 Å². The maximum Gasteiger partial charge on any atom is 0.410 e. The van der Waals surface area contributed by atoms with E-state index in [1.54, 1.807) is 0 Å². The van der Waals surface area contributed by atoms with Crippen molar-refractivity contribution in [2.75, 3.05) is 25.9 Å². The third-order valence-corrected chi connectivity index (χ3v) is 5.98. The lowest BCUT2D eigenvalue weighted by Crippen LogP contribution is -2.51. The van der Waals surface area contributed by atoms with E-state index >= 15 is 0 Å². The van der Waals surface area contributed by atoms with Crippen LogP contribution in [0.5, 0.6) is 0 Å². The molecule has 1 saturated heterocycles. The number of piperidine rings is 1. The molecule has 2 aliphatic rings. The molecule has 122 valence electrons. The summed E-state index contributed by atoms with van der Waals surface area (Å²) < 4.78 is 5.92. The average Bonchev–Trinajstić information content (AvgIpc) is 2.36. The van der Waals surface area contributed by atoms with Gasteiger partial charge in [0.25, 0.3) is 0 Å². The van der Waals surface area contributed by atoms with E-state index in [4.69, 9.17) is 4.74 Å². The highest BCUT2D eigenvalue weighted by Crippen LogP contribution is 2.42. The minimum Gasteiger partial charge on any atom is -0.444 e. The summed E-state index contributed by atoms with van der Waals surface area (Å²) in [5, 5.41) is 3.72. The van der Waals surface area contributed by atoms with Gasteiger partial charge in [-0.2, -0.15) is 11.8 Å². The lowest BCUT2D eigenvalue weighted by atomic mass is 9.84. The molecule has 1 saturated carbocycles. The minimum absolute atomic E-state index is 0.166. The molecular formula is C16H30N2O2S. The molecule has 5 heteroatoms. The highest BCUT2D eigenvalue weighted by molar-refractivity contribution is 8.00. The number of amides is 1. The first kappa shape index (κ1) is 16.9. The fourth-order valence-electron chi connectivity index (χ4n) is 2.95. The third-order valence-electron chi connectivity index (χ3n) is 4.56. The van der Waals surface area contributed by atoms with Crippen LogP contribution < -0.4 is 5.32 Å².